The Bertz CT molecular complexity index is 511. The van der Waals surface area contributed by atoms with Crippen molar-refractivity contribution in [1.29, 1.82) is 0 Å². The number of hydrogen-bond donors (Lipinski definition) is 1. The number of carbonyl (C=O) groups is 2. The first-order valence-corrected chi connectivity index (χ1v) is 7.55. The van der Waals surface area contributed by atoms with Crippen molar-refractivity contribution in [3.8, 4) is 5.75 Å². The maximum atomic E-state index is 11.6. The summed E-state index contributed by atoms with van der Waals surface area (Å²) in [5, 5.41) is 2.68. The third-order valence-electron chi connectivity index (χ3n) is 3.16. The van der Waals surface area contributed by atoms with Gasteiger partial charge in [-0.3, -0.25) is 9.59 Å². The van der Waals surface area contributed by atoms with E-state index >= 15 is 0 Å². The lowest BCUT2D eigenvalue weighted by atomic mass is 10.1. The van der Waals surface area contributed by atoms with Gasteiger partial charge in [-0.05, 0) is 44.9 Å². The molecule has 0 saturated heterocycles. The predicted octanol–water partition coefficient (Wildman–Crippen LogP) is 2.53. The lowest BCUT2D eigenvalue weighted by molar-refractivity contribution is -0.147. The second kappa shape index (κ2) is 9.07. The summed E-state index contributed by atoms with van der Waals surface area (Å²) in [6, 6.07) is 5.84. The molecule has 5 nitrogen and oxygen atoms in total. The fourth-order valence-electron chi connectivity index (χ4n) is 1.85. The molecule has 0 aliphatic carbocycles. The molecule has 0 aliphatic rings. The third kappa shape index (κ3) is 6.61. The Hall–Kier alpha value is -2.04. The van der Waals surface area contributed by atoms with Crippen LogP contribution in [0.3, 0.4) is 0 Å². The molecule has 0 spiro atoms. The van der Waals surface area contributed by atoms with Crippen LogP contribution in [-0.4, -0.2) is 31.1 Å². The first kappa shape index (κ1) is 18.0. The van der Waals surface area contributed by atoms with Crippen LogP contribution in [0.2, 0.25) is 0 Å². The lowest BCUT2D eigenvalue weighted by Crippen LogP contribution is -2.28. The minimum absolute atomic E-state index is 0.130. The van der Waals surface area contributed by atoms with E-state index in [-0.39, 0.29) is 37.4 Å². The fourth-order valence-corrected chi connectivity index (χ4v) is 1.85. The summed E-state index contributed by atoms with van der Waals surface area (Å²) in [4.78, 5) is 23.0. The minimum Gasteiger partial charge on any atom is -0.493 e. The van der Waals surface area contributed by atoms with Crippen LogP contribution in [0.4, 0.5) is 0 Å². The van der Waals surface area contributed by atoms with E-state index in [1.54, 1.807) is 13.8 Å². The zero-order chi connectivity index (χ0) is 16.5. The Morgan fingerprint density at radius 3 is 2.59 bits per heavy atom. The number of aryl methyl sites for hydroxylation is 1. The molecule has 0 aliphatic heterocycles. The molecule has 22 heavy (non-hydrogen) atoms. The van der Waals surface area contributed by atoms with E-state index in [4.69, 9.17) is 9.47 Å². The van der Waals surface area contributed by atoms with Gasteiger partial charge in [0, 0.05) is 6.54 Å². The predicted molar refractivity (Wildman–Crippen MR) is 84.9 cm³/mol. The summed E-state index contributed by atoms with van der Waals surface area (Å²) in [6.45, 7) is 8.19. The summed E-state index contributed by atoms with van der Waals surface area (Å²) in [5.41, 5.74) is 2.24. The van der Waals surface area contributed by atoms with Crippen LogP contribution in [0.1, 0.15) is 37.8 Å². The van der Waals surface area contributed by atoms with E-state index in [2.05, 4.69) is 5.32 Å². The van der Waals surface area contributed by atoms with Crippen molar-refractivity contribution in [3.63, 3.8) is 0 Å². The highest BCUT2D eigenvalue weighted by Crippen LogP contribution is 2.20. The molecule has 0 heterocycles. The van der Waals surface area contributed by atoms with Gasteiger partial charge in [-0.25, -0.2) is 0 Å². The topological polar surface area (TPSA) is 64.6 Å². The van der Waals surface area contributed by atoms with E-state index < -0.39 is 0 Å². The Morgan fingerprint density at radius 1 is 1.18 bits per heavy atom. The molecule has 1 amide bonds. The molecule has 0 bridgehead atoms. The molecule has 0 unspecified atom stereocenters. The Kier molecular flexibility index (Phi) is 7.43. The smallest absolute Gasteiger partial charge is 0.307 e. The largest absolute Gasteiger partial charge is 0.493 e. The Morgan fingerprint density at radius 2 is 1.91 bits per heavy atom. The molecule has 0 fully saturated rings. The van der Waals surface area contributed by atoms with E-state index in [0.717, 1.165) is 16.9 Å². The lowest BCUT2D eigenvalue weighted by Gasteiger charge is -2.11. The average molecular weight is 307 g/mol. The highest BCUT2D eigenvalue weighted by Gasteiger charge is 2.08. The molecule has 1 aromatic rings. The molecular weight excluding hydrogens is 282 g/mol. The zero-order valence-corrected chi connectivity index (χ0v) is 13.8. The van der Waals surface area contributed by atoms with Gasteiger partial charge < -0.3 is 14.8 Å². The van der Waals surface area contributed by atoms with Gasteiger partial charge in [0.1, 0.15) is 5.75 Å². The minimum atomic E-state index is -0.304. The number of amides is 1. The number of carbonyl (C=O) groups excluding carboxylic acids is 2. The van der Waals surface area contributed by atoms with E-state index in [1.807, 2.05) is 32.0 Å². The SMILES string of the molecule is Cc1cccc(OCCC(=O)NCCC(=O)OC(C)C)c1C. The zero-order valence-electron chi connectivity index (χ0n) is 13.8. The summed E-state index contributed by atoms with van der Waals surface area (Å²) in [7, 11) is 0. The number of nitrogens with one attached hydrogen (secondary N) is 1. The molecular formula is C17H25NO4. The van der Waals surface area contributed by atoms with Crippen LogP contribution in [0.25, 0.3) is 0 Å². The molecule has 1 N–H and O–H groups in total. The van der Waals surface area contributed by atoms with Crippen LogP contribution in [0.5, 0.6) is 5.75 Å². The molecule has 122 valence electrons. The molecule has 5 heteroatoms. The molecule has 0 saturated carbocycles. The number of hydrogen-bond acceptors (Lipinski definition) is 4. The van der Waals surface area contributed by atoms with Gasteiger partial charge >= 0.3 is 5.97 Å². The fraction of sp³-hybridized carbons (Fsp3) is 0.529. The Labute approximate surface area is 132 Å². The average Bonchev–Trinajstić information content (AvgIpc) is 2.42. The second-order valence-electron chi connectivity index (χ2n) is 5.44. The van der Waals surface area contributed by atoms with Crippen molar-refractivity contribution < 1.29 is 19.1 Å². The normalized spacial score (nSPS) is 10.4. The number of esters is 1. The van der Waals surface area contributed by atoms with Crippen molar-refractivity contribution in [2.45, 2.75) is 46.6 Å². The van der Waals surface area contributed by atoms with Gasteiger partial charge in [0.25, 0.3) is 0 Å². The molecule has 0 atom stereocenters. The van der Waals surface area contributed by atoms with Gasteiger partial charge in [0.15, 0.2) is 0 Å². The third-order valence-corrected chi connectivity index (χ3v) is 3.16. The maximum Gasteiger partial charge on any atom is 0.307 e. The molecule has 1 rings (SSSR count). The second-order valence-corrected chi connectivity index (χ2v) is 5.44. The highest BCUT2D eigenvalue weighted by molar-refractivity contribution is 5.77. The molecule has 0 aromatic heterocycles. The van der Waals surface area contributed by atoms with Crippen LogP contribution in [-0.2, 0) is 14.3 Å². The van der Waals surface area contributed by atoms with E-state index in [0.29, 0.717) is 6.61 Å². The quantitative estimate of drug-likeness (QED) is 0.750. The van der Waals surface area contributed by atoms with Crippen LogP contribution in [0.15, 0.2) is 18.2 Å². The monoisotopic (exact) mass is 307 g/mol. The number of ether oxygens (including phenoxy) is 2. The first-order valence-electron chi connectivity index (χ1n) is 7.55. The summed E-state index contributed by atoms with van der Waals surface area (Å²) >= 11 is 0. The summed E-state index contributed by atoms with van der Waals surface area (Å²) < 4.78 is 10.6. The summed E-state index contributed by atoms with van der Waals surface area (Å²) in [5.74, 6) is 0.359. The van der Waals surface area contributed by atoms with Gasteiger partial charge in [-0.2, -0.15) is 0 Å². The van der Waals surface area contributed by atoms with Crippen LogP contribution in [0, 0.1) is 13.8 Å². The number of rotatable bonds is 8. The van der Waals surface area contributed by atoms with Crippen molar-refractivity contribution in [2.75, 3.05) is 13.2 Å². The van der Waals surface area contributed by atoms with Crippen LogP contribution < -0.4 is 10.1 Å². The summed E-state index contributed by atoms with van der Waals surface area (Å²) in [6.07, 6.45) is 0.308. The van der Waals surface area contributed by atoms with Crippen molar-refractivity contribution in [3.05, 3.63) is 29.3 Å². The molecule has 0 radical (unpaired) electrons. The van der Waals surface area contributed by atoms with Crippen molar-refractivity contribution >= 4 is 11.9 Å². The van der Waals surface area contributed by atoms with Crippen molar-refractivity contribution in [1.82, 2.24) is 5.32 Å². The van der Waals surface area contributed by atoms with Gasteiger partial charge in [-0.1, -0.05) is 12.1 Å². The number of benzene rings is 1. The van der Waals surface area contributed by atoms with Gasteiger partial charge in [0.2, 0.25) is 5.91 Å². The van der Waals surface area contributed by atoms with Gasteiger partial charge in [0.05, 0.1) is 25.6 Å². The standard InChI is InChI=1S/C17H25NO4/c1-12(2)22-17(20)8-10-18-16(19)9-11-21-15-7-5-6-13(3)14(15)4/h5-7,12H,8-11H2,1-4H3,(H,18,19). The molecule has 1 aromatic carbocycles. The Balaban J connectivity index is 2.21. The van der Waals surface area contributed by atoms with E-state index in [9.17, 15) is 9.59 Å². The van der Waals surface area contributed by atoms with E-state index in [1.165, 1.54) is 0 Å². The van der Waals surface area contributed by atoms with Gasteiger partial charge in [-0.15, -0.1) is 0 Å². The van der Waals surface area contributed by atoms with Crippen molar-refractivity contribution in [2.24, 2.45) is 0 Å². The highest BCUT2D eigenvalue weighted by atomic mass is 16.5. The maximum absolute atomic E-state index is 11.6. The first-order chi connectivity index (χ1) is 10.4. The van der Waals surface area contributed by atoms with Crippen LogP contribution >= 0.6 is 0 Å².